The van der Waals surface area contributed by atoms with Gasteiger partial charge in [0.1, 0.15) is 5.75 Å². The molecule has 1 atom stereocenters. The minimum atomic E-state index is -0.289. The van der Waals surface area contributed by atoms with Crippen LogP contribution in [0.1, 0.15) is 112 Å². The summed E-state index contributed by atoms with van der Waals surface area (Å²) in [6.07, 6.45) is 12.9. The van der Waals surface area contributed by atoms with Gasteiger partial charge in [0, 0.05) is 37.0 Å². The van der Waals surface area contributed by atoms with Crippen LogP contribution in [-0.2, 0) is 11.2 Å². The average Bonchev–Trinajstić information content (AvgIpc) is 3.32. The Kier molecular flexibility index (Phi) is 12.9. The molecule has 0 radical (unpaired) electrons. The molecule has 1 heterocycles. The number of anilines is 1. The fourth-order valence-corrected chi connectivity index (χ4v) is 5.48. The molecule has 2 aromatic rings. The number of methoxy groups -OCH3 is 1. The lowest BCUT2D eigenvalue weighted by molar-refractivity contribution is -0.129. The molecule has 0 aliphatic carbocycles. The molecule has 214 valence electrons. The molecule has 0 fully saturated rings. The Morgan fingerprint density at radius 3 is 2.13 bits per heavy atom. The number of carbonyl (C=O) groups is 2. The van der Waals surface area contributed by atoms with Crippen molar-refractivity contribution in [2.24, 2.45) is 0 Å². The second-order valence-electron chi connectivity index (χ2n) is 11.0. The molecule has 1 aliphatic heterocycles. The third-order valence-corrected chi connectivity index (χ3v) is 7.97. The minimum Gasteiger partial charge on any atom is -0.497 e. The van der Waals surface area contributed by atoms with Crippen LogP contribution in [0.4, 0.5) is 5.69 Å². The third-order valence-electron chi connectivity index (χ3n) is 7.97. The summed E-state index contributed by atoms with van der Waals surface area (Å²) < 4.78 is 5.49. The van der Waals surface area contributed by atoms with Crippen LogP contribution in [-0.4, -0.2) is 49.9 Å². The van der Waals surface area contributed by atoms with E-state index in [1.165, 1.54) is 44.1 Å². The fourth-order valence-electron chi connectivity index (χ4n) is 5.48. The van der Waals surface area contributed by atoms with E-state index in [0.717, 1.165) is 67.8 Å². The molecular weight excluding hydrogens is 484 g/mol. The average molecular weight is 535 g/mol. The summed E-state index contributed by atoms with van der Waals surface area (Å²) in [6, 6.07) is 14.1. The van der Waals surface area contributed by atoms with Crippen molar-refractivity contribution in [1.29, 1.82) is 0 Å². The summed E-state index contributed by atoms with van der Waals surface area (Å²) in [4.78, 5) is 31.2. The predicted octanol–water partition coefficient (Wildman–Crippen LogP) is 7.81. The number of rotatable bonds is 18. The fraction of sp³-hybridized carbons (Fsp3) is 0.588. The maximum Gasteiger partial charge on any atom is 0.242 e. The molecule has 1 unspecified atom stereocenters. The Bertz CT molecular complexity index is 1030. The standard InChI is InChI=1S/C34H50N2O3/c1-5-8-11-12-13-14-15-27-16-18-28(19-17-27)34(38)31-25-36(32-24-29(39-4)20-21-30(31)32)26-33(37)35(22-9-6-2)23-10-7-3/h16-21,24,31H,5-15,22-23,25-26H2,1-4H3. The van der Waals surface area contributed by atoms with Crippen LogP contribution in [0.2, 0.25) is 0 Å². The molecular formula is C34H50N2O3. The number of hydrogen-bond donors (Lipinski definition) is 0. The first-order valence-corrected chi connectivity index (χ1v) is 15.4. The summed E-state index contributed by atoms with van der Waals surface area (Å²) in [5, 5.41) is 0. The summed E-state index contributed by atoms with van der Waals surface area (Å²) >= 11 is 0. The van der Waals surface area contributed by atoms with Crippen molar-refractivity contribution in [1.82, 2.24) is 4.90 Å². The molecule has 0 spiro atoms. The maximum absolute atomic E-state index is 13.7. The molecule has 5 nitrogen and oxygen atoms in total. The molecule has 0 N–H and O–H groups in total. The molecule has 0 saturated heterocycles. The first-order chi connectivity index (χ1) is 19.0. The number of ketones is 1. The second-order valence-corrected chi connectivity index (χ2v) is 11.0. The van der Waals surface area contributed by atoms with Crippen molar-refractivity contribution >= 4 is 17.4 Å². The van der Waals surface area contributed by atoms with Gasteiger partial charge < -0.3 is 14.5 Å². The second kappa shape index (κ2) is 16.3. The highest BCUT2D eigenvalue weighted by atomic mass is 16.5. The van der Waals surface area contributed by atoms with E-state index in [4.69, 9.17) is 4.74 Å². The van der Waals surface area contributed by atoms with Gasteiger partial charge >= 0.3 is 0 Å². The van der Waals surface area contributed by atoms with Gasteiger partial charge in [0.15, 0.2) is 5.78 Å². The SMILES string of the molecule is CCCCCCCCc1ccc(C(=O)C2CN(CC(=O)N(CCCC)CCCC)c3cc(OC)ccc32)cc1. The van der Waals surface area contributed by atoms with E-state index in [1.807, 2.05) is 35.2 Å². The smallest absolute Gasteiger partial charge is 0.242 e. The Labute approximate surface area is 236 Å². The first-order valence-electron chi connectivity index (χ1n) is 15.4. The zero-order chi connectivity index (χ0) is 28.0. The molecule has 2 aromatic carbocycles. The van der Waals surface area contributed by atoms with Gasteiger partial charge in [-0.15, -0.1) is 0 Å². The predicted molar refractivity (Wildman–Crippen MR) is 162 cm³/mol. The van der Waals surface area contributed by atoms with Crippen molar-refractivity contribution in [2.45, 2.75) is 97.3 Å². The Hall–Kier alpha value is -2.82. The number of amides is 1. The maximum atomic E-state index is 13.7. The van der Waals surface area contributed by atoms with Crippen LogP contribution >= 0.6 is 0 Å². The lowest BCUT2D eigenvalue weighted by Crippen LogP contribution is -2.41. The van der Waals surface area contributed by atoms with E-state index in [9.17, 15) is 9.59 Å². The molecule has 1 amide bonds. The van der Waals surface area contributed by atoms with E-state index in [1.54, 1.807) is 7.11 Å². The van der Waals surface area contributed by atoms with Gasteiger partial charge in [0.05, 0.1) is 19.6 Å². The summed E-state index contributed by atoms with van der Waals surface area (Å²) in [5.41, 5.74) is 3.96. The highest BCUT2D eigenvalue weighted by Gasteiger charge is 2.35. The minimum absolute atomic E-state index is 0.122. The van der Waals surface area contributed by atoms with Crippen LogP contribution in [0.3, 0.4) is 0 Å². The molecule has 39 heavy (non-hydrogen) atoms. The van der Waals surface area contributed by atoms with Crippen LogP contribution < -0.4 is 9.64 Å². The van der Waals surface area contributed by atoms with Gasteiger partial charge in [0.2, 0.25) is 5.91 Å². The lowest BCUT2D eigenvalue weighted by atomic mass is 9.91. The lowest BCUT2D eigenvalue weighted by Gasteiger charge is -2.27. The molecule has 0 saturated carbocycles. The van der Waals surface area contributed by atoms with Crippen LogP contribution in [0, 0.1) is 0 Å². The van der Waals surface area contributed by atoms with Crippen LogP contribution in [0.15, 0.2) is 42.5 Å². The number of hydrogen-bond acceptors (Lipinski definition) is 4. The van der Waals surface area contributed by atoms with E-state index >= 15 is 0 Å². The largest absolute Gasteiger partial charge is 0.497 e. The number of ether oxygens (including phenoxy) is 1. The summed E-state index contributed by atoms with van der Waals surface area (Å²) in [6.45, 7) is 8.95. The molecule has 0 aromatic heterocycles. The topological polar surface area (TPSA) is 49.9 Å². The van der Waals surface area contributed by atoms with Crippen LogP contribution in [0.5, 0.6) is 5.75 Å². The highest BCUT2D eigenvalue weighted by molar-refractivity contribution is 6.03. The van der Waals surface area contributed by atoms with Crippen molar-refractivity contribution in [2.75, 3.05) is 38.2 Å². The number of carbonyl (C=O) groups excluding carboxylic acids is 2. The van der Waals surface area contributed by atoms with Gasteiger partial charge in [0.25, 0.3) is 0 Å². The summed E-state index contributed by atoms with van der Waals surface area (Å²) in [5.74, 6) is 0.712. The van der Waals surface area contributed by atoms with Gasteiger partial charge in [-0.3, -0.25) is 9.59 Å². The zero-order valence-corrected chi connectivity index (χ0v) is 24.8. The number of nitrogens with zero attached hydrogens (tertiary/aromatic N) is 2. The molecule has 3 rings (SSSR count). The molecule has 5 heteroatoms. The van der Waals surface area contributed by atoms with E-state index in [2.05, 4.69) is 37.8 Å². The van der Waals surface area contributed by atoms with Crippen molar-refractivity contribution in [3.8, 4) is 5.75 Å². The number of benzene rings is 2. The zero-order valence-electron chi connectivity index (χ0n) is 24.8. The number of Topliss-reactive ketones (excluding diaryl/α,β-unsaturated/α-hetero) is 1. The van der Waals surface area contributed by atoms with E-state index < -0.39 is 0 Å². The van der Waals surface area contributed by atoms with Crippen LogP contribution in [0.25, 0.3) is 0 Å². The third kappa shape index (κ3) is 8.84. The quantitative estimate of drug-likeness (QED) is 0.145. The van der Waals surface area contributed by atoms with Gasteiger partial charge in [-0.25, -0.2) is 0 Å². The molecule has 1 aliphatic rings. The van der Waals surface area contributed by atoms with E-state index in [0.29, 0.717) is 6.54 Å². The van der Waals surface area contributed by atoms with Gasteiger partial charge in [-0.05, 0) is 42.9 Å². The summed E-state index contributed by atoms with van der Waals surface area (Å²) in [7, 11) is 1.65. The molecule has 0 bridgehead atoms. The van der Waals surface area contributed by atoms with Gasteiger partial charge in [-0.1, -0.05) is 96.0 Å². The number of unbranched alkanes of at least 4 members (excludes halogenated alkanes) is 7. The number of aryl methyl sites for hydroxylation is 1. The van der Waals surface area contributed by atoms with Crippen molar-refractivity contribution in [3.63, 3.8) is 0 Å². The normalized spacial score (nSPS) is 14.4. The monoisotopic (exact) mass is 534 g/mol. The Balaban J connectivity index is 1.70. The van der Waals surface area contributed by atoms with Crippen molar-refractivity contribution < 1.29 is 14.3 Å². The number of fused-ring (bicyclic) bond motifs is 1. The van der Waals surface area contributed by atoms with Crippen molar-refractivity contribution in [3.05, 3.63) is 59.2 Å². The van der Waals surface area contributed by atoms with E-state index in [-0.39, 0.29) is 24.2 Å². The Morgan fingerprint density at radius 1 is 0.846 bits per heavy atom. The van der Waals surface area contributed by atoms with Gasteiger partial charge in [-0.2, -0.15) is 0 Å². The first kappa shape index (κ1) is 30.7. The highest BCUT2D eigenvalue weighted by Crippen LogP contribution is 2.40. The Morgan fingerprint density at radius 2 is 1.49 bits per heavy atom.